The number of hydrogen-bond donors (Lipinski definition) is 1. The molecular formula is C34H26ClNO5. The molecule has 1 N–H and O–H groups in total. The molecule has 6 rings (SSSR count). The van der Waals surface area contributed by atoms with Crippen LogP contribution in [0.5, 0.6) is 23.0 Å². The molecule has 0 radical (unpaired) electrons. The molecule has 5 aromatic rings. The largest absolute Gasteiger partial charge is 0.506 e. The highest BCUT2D eigenvalue weighted by molar-refractivity contribution is 6.31. The van der Waals surface area contributed by atoms with E-state index >= 15 is 0 Å². The summed E-state index contributed by atoms with van der Waals surface area (Å²) in [6.07, 6.45) is 0. The Labute approximate surface area is 242 Å². The van der Waals surface area contributed by atoms with E-state index in [1.54, 1.807) is 43.5 Å². The van der Waals surface area contributed by atoms with Crippen molar-refractivity contribution in [3.05, 3.63) is 124 Å². The van der Waals surface area contributed by atoms with Crippen LogP contribution in [0.15, 0.2) is 91.0 Å². The van der Waals surface area contributed by atoms with Crippen LogP contribution in [0.25, 0.3) is 10.9 Å². The van der Waals surface area contributed by atoms with Crippen molar-refractivity contribution in [1.29, 1.82) is 0 Å². The van der Waals surface area contributed by atoms with E-state index in [0.717, 1.165) is 16.9 Å². The van der Waals surface area contributed by atoms with Crippen LogP contribution < -0.4 is 9.47 Å². The predicted molar refractivity (Wildman–Crippen MR) is 158 cm³/mol. The molecule has 1 aliphatic carbocycles. The zero-order valence-corrected chi connectivity index (χ0v) is 23.4. The van der Waals surface area contributed by atoms with Gasteiger partial charge in [0.15, 0.2) is 11.6 Å². The Balaban J connectivity index is 1.29. The molecule has 7 heteroatoms. The second-order valence-electron chi connectivity index (χ2n) is 10.5. The lowest BCUT2D eigenvalue weighted by Gasteiger charge is -2.26. The monoisotopic (exact) mass is 563 g/mol. The summed E-state index contributed by atoms with van der Waals surface area (Å²) >= 11 is 6.06. The van der Waals surface area contributed by atoms with Crippen molar-refractivity contribution in [3.8, 4) is 23.0 Å². The zero-order valence-electron chi connectivity index (χ0n) is 22.6. The maximum Gasteiger partial charge on any atom is 0.184 e. The number of ether oxygens (including phenoxy) is 2. The van der Waals surface area contributed by atoms with Gasteiger partial charge in [0.25, 0.3) is 0 Å². The molecule has 0 saturated heterocycles. The van der Waals surface area contributed by atoms with Gasteiger partial charge in [-0.1, -0.05) is 61.8 Å². The van der Waals surface area contributed by atoms with Crippen LogP contribution in [0.3, 0.4) is 0 Å². The smallest absolute Gasteiger partial charge is 0.184 e. The minimum atomic E-state index is -1.26. The number of pyridine rings is 1. The van der Waals surface area contributed by atoms with Crippen LogP contribution in [0.2, 0.25) is 5.02 Å². The van der Waals surface area contributed by atoms with Crippen molar-refractivity contribution in [2.24, 2.45) is 0 Å². The summed E-state index contributed by atoms with van der Waals surface area (Å²) in [7, 11) is 1.64. The minimum Gasteiger partial charge on any atom is -0.506 e. The normalized spacial score (nSPS) is 14.8. The molecule has 0 spiro atoms. The lowest BCUT2D eigenvalue weighted by molar-refractivity contribution is 0.0885. The van der Waals surface area contributed by atoms with Crippen molar-refractivity contribution in [2.45, 2.75) is 25.2 Å². The van der Waals surface area contributed by atoms with Crippen molar-refractivity contribution < 1.29 is 24.2 Å². The lowest BCUT2D eigenvalue weighted by Crippen LogP contribution is -2.18. The number of carbonyl (C=O) groups is 2. The van der Waals surface area contributed by atoms with Crippen molar-refractivity contribution in [1.82, 2.24) is 4.98 Å². The third-order valence-electron chi connectivity index (χ3n) is 7.74. The fourth-order valence-corrected chi connectivity index (χ4v) is 5.53. The van der Waals surface area contributed by atoms with Gasteiger partial charge in [-0.3, -0.25) is 9.59 Å². The van der Waals surface area contributed by atoms with Crippen LogP contribution in [0.4, 0.5) is 0 Å². The Kier molecular flexibility index (Phi) is 6.51. The summed E-state index contributed by atoms with van der Waals surface area (Å²) in [5.74, 6) is -0.788. The molecule has 1 heterocycles. The van der Waals surface area contributed by atoms with Crippen molar-refractivity contribution in [3.63, 3.8) is 0 Å². The van der Waals surface area contributed by atoms with Crippen molar-refractivity contribution in [2.75, 3.05) is 7.11 Å². The Hall–Kier alpha value is -4.68. The van der Waals surface area contributed by atoms with E-state index < -0.39 is 17.5 Å². The fraction of sp³-hybridized carbons (Fsp3) is 0.147. The third kappa shape index (κ3) is 4.60. The molecular weight excluding hydrogens is 538 g/mol. The molecule has 4 aromatic carbocycles. The first-order valence-corrected chi connectivity index (χ1v) is 13.5. The van der Waals surface area contributed by atoms with Gasteiger partial charge in [-0.15, -0.1) is 0 Å². The maximum absolute atomic E-state index is 13.7. The number of benzene rings is 4. The zero-order chi connectivity index (χ0) is 28.9. The van der Waals surface area contributed by atoms with E-state index in [9.17, 15) is 14.7 Å². The van der Waals surface area contributed by atoms with Crippen LogP contribution in [-0.2, 0) is 5.41 Å². The van der Waals surface area contributed by atoms with E-state index in [1.165, 1.54) is 6.07 Å². The standard InChI is InChI=1S/C34H26ClNO5/c1-34(2,20-7-12-23(40-3)13-8-20)21-9-14-24(15-10-21)41-28-6-4-5-25-29(28)33(39)30(32(25)38)31-27(37)18-19-17-22(35)11-16-26(19)36-31/h4-18,30,37H,1-3H3. The van der Waals surface area contributed by atoms with E-state index in [-0.39, 0.29) is 33.7 Å². The van der Waals surface area contributed by atoms with Gasteiger partial charge in [-0.05, 0) is 65.7 Å². The van der Waals surface area contributed by atoms with Gasteiger partial charge in [0.1, 0.15) is 34.6 Å². The van der Waals surface area contributed by atoms with Gasteiger partial charge in [-0.25, -0.2) is 4.98 Å². The quantitative estimate of drug-likeness (QED) is 0.211. The van der Waals surface area contributed by atoms with Gasteiger partial charge in [-0.2, -0.15) is 0 Å². The van der Waals surface area contributed by atoms with Crippen LogP contribution in [-0.4, -0.2) is 28.8 Å². The SMILES string of the molecule is COc1ccc(C(C)(C)c2ccc(Oc3cccc4c3C(=O)C(c3nc5ccc(Cl)cc5cc3O)C4=O)cc2)cc1. The number of halogens is 1. The first kappa shape index (κ1) is 26.5. The molecule has 41 heavy (non-hydrogen) atoms. The van der Waals surface area contributed by atoms with Crippen LogP contribution >= 0.6 is 11.6 Å². The summed E-state index contributed by atoms with van der Waals surface area (Å²) in [5.41, 5.74) is 2.91. The summed E-state index contributed by atoms with van der Waals surface area (Å²) < 4.78 is 11.4. The molecule has 0 fully saturated rings. The Bertz CT molecular complexity index is 1830. The molecule has 1 unspecified atom stereocenters. The van der Waals surface area contributed by atoms with E-state index in [2.05, 4.69) is 18.8 Å². The molecule has 0 saturated carbocycles. The van der Waals surface area contributed by atoms with Gasteiger partial charge in [0.05, 0.1) is 18.2 Å². The number of rotatable bonds is 6. The van der Waals surface area contributed by atoms with Gasteiger partial charge in [0, 0.05) is 21.4 Å². The number of fused-ring (bicyclic) bond motifs is 2. The molecule has 204 valence electrons. The number of nitrogens with zero attached hydrogens (tertiary/aromatic N) is 1. The summed E-state index contributed by atoms with van der Waals surface area (Å²) in [6.45, 7) is 4.29. The van der Waals surface area contributed by atoms with Gasteiger partial charge < -0.3 is 14.6 Å². The van der Waals surface area contributed by atoms with E-state index in [1.807, 2.05) is 48.5 Å². The Morgan fingerprint density at radius 3 is 2.15 bits per heavy atom. The third-order valence-corrected chi connectivity index (χ3v) is 7.97. The average Bonchev–Trinajstić information content (AvgIpc) is 3.23. The van der Waals surface area contributed by atoms with Crippen molar-refractivity contribution >= 4 is 34.1 Å². The van der Waals surface area contributed by atoms with Gasteiger partial charge in [0.2, 0.25) is 0 Å². The highest BCUT2D eigenvalue weighted by Gasteiger charge is 2.44. The summed E-state index contributed by atoms with van der Waals surface area (Å²) in [4.78, 5) is 31.6. The number of carbonyl (C=O) groups excluding carboxylic acids is 2. The van der Waals surface area contributed by atoms with E-state index in [0.29, 0.717) is 21.7 Å². The Morgan fingerprint density at radius 2 is 1.49 bits per heavy atom. The van der Waals surface area contributed by atoms with Crippen LogP contribution in [0, 0.1) is 0 Å². The molecule has 1 aromatic heterocycles. The van der Waals surface area contributed by atoms with Gasteiger partial charge >= 0.3 is 0 Å². The Morgan fingerprint density at radius 1 is 0.829 bits per heavy atom. The number of ketones is 2. The highest BCUT2D eigenvalue weighted by Crippen LogP contribution is 2.43. The molecule has 0 aliphatic heterocycles. The molecule has 1 aliphatic rings. The number of Topliss-reactive ketones (excluding diaryl/α,β-unsaturated/α-hetero) is 2. The topological polar surface area (TPSA) is 85.7 Å². The first-order valence-electron chi connectivity index (χ1n) is 13.1. The second-order valence-corrected chi connectivity index (χ2v) is 11.0. The number of aromatic nitrogens is 1. The average molecular weight is 564 g/mol. The minimum absolute atomic E-state index is 0.0158. The molecule has 0 amide bonds. The first-order chi connectivity index (χ1) is 19.7. The predicted octanol–water partition coefficient (Wildman–Crippen LogP) is 7.88. The molecule has 0 bridgehead atoms. The number of aromatic hydroxyl groups is 1. The molecule has 6 nitrogen and oxygen atoms in total. The van der Waals surface area contributed by atoms with E-state index in [4.69, 9.17) is 21.1 Å². The summed E-state index contributed by atoms with van der Waals surface area (Å²) in [6, 6.07) is 27.1. The fourth-order valence-electron chi connectivity index (χ4n) is 5.35. The second kappa shape index (κ2) is 10.1. The van der Waals surface area contributed by atoms with Crippen LogP contribution in [0.1, 0.15) is 57.3 Å². The lowest BCUT2D eigenvalue weighted by atomic mass is 9.78. The number of methoxy groups -OCH3 is 1. The highest BCUT2D eigenvalue weighted by atomic mass is 35.5. The number of hydrogen-bond acceptors (Lipinski definition) is 6. The molecule has 1 atom stereocenters. The maximum atomic E-state index is 13.7. The summed E-state index contributed by atoms with van der Waals surface area (Å²) in [5, 5.41) is 11.8.